The normalized spacial score (nSPS) is 12.4. The molecule has 0 saturated heterocycles. The summed E-state index contributed by atoms with van der Waals surface area (Å²) < 4.78 is 1.53. The van der Waals surface area contributed by atoms with E-state index in [0.29, 0.717) is 5.82 Å². The number of carboxylic acid groups (broad SMARTS) is 1. The van der Waals surface area contributed by atoms with Crippen LogP contribution in [-0.2, 0) is 11.3 Å². The van der Waals surface area contributed by atoms with Gasteiger partial charge in [0.25, 0.3) is 0 Å². The van der Waals surface area contributed by atoms with Gasteiger partial charge in [-0.1, -0.05) is 24.1 Å². The van der Waals surface area contributed by atoms with E-state index in [0.717, 1.165) is 16.7 Å². The van der Waals surface area contributed by atoms with Crippen LogP contribution in [0, 0.1) is 19.8 Å². The van der Waals surface area contributed by atoms with Gasteiger partial charge in [0.2, 0.25) is 0 Å². The first kappa shape index (κ1) is 13.2. The Bertz CT molecular complexity index is 586. The fourth-order valence-electron chi connectivity index (χ4n) is 1.98. The Kier molecular flexibility index (Phi) is 3.59. The third kappa shape index (κ3) is 2.96. The number of carboxylic acids is 1. The number of rotatable bonds is 4. The highest BCUT2D eigenvalue weighted by Crippen LogP contribution is 2.20. The minimum atomic E-state index is -0.859. The molecule has 2 rings (SSSR count). The van der Waals surface area contributed by atoms with Gasteiger partial charge >= 0.3 is 5.97 Å². The zero-order chi connectivity index (χ0) is 14.0. The van der Waals surface area contributed by atoms with Crippen LogP contribution in [0.5, 0.6) is 0 Å². The highest BCUT2D eigenvalue weighted by atomic mass is 16.4. The van der Waals surface area contributed by atoms with Crippen LogP contribution in [-0.4, -0.2) is 31.3 Å². The van der Waals surface area contributed by atoms with Gasteiger partial charge in [0.15, 0.2) is 5.82 Å². The van der Waals surface area contributed by atoms with Crippen molar-refractivity contribution in [2.45, 2.75) is 27.3 Å². The summed E-state index contributed by atoms with van der Waals surface area (Å²) in [7, 11) is 0. The first-order chi connectivity index (χ1) is 8.97. The molecule has 1 heterocycles. The molecule has 1 atom stereocenters. The SMILES string of the molecule is Cc1cc(C)cc(-c2nnnn2CC(C)C(=O)O)c1. The Balaban J connectivity index is 2.36. The Hall–Kier alpha value is -2.24. The van der Waals surface area contributed by atoms with E-state index in [1.54, 1.807) is 6.92 Å². The lowest BCUT2D eigenvalue weighted by Gasteiger charge is -2.09. The second kappa shape index (κ2) is 5.17. The van der Waals surface area contributed by atoms with Gasteiger partial charge in [-0.2, -0.15) is 0 Å². The molecule has 0 aliphatic heterocycles. The van der Waals surface area contributed by atoms with Crippen molar-refractivity contribution < 1.29 is 9.90 Å². The lowest BCUT2D eigenvalue weighted by molar-refractivity contribution is -0.141. The molecule has 6 nitrogen and oxygen atoms in total. The number of hydrogen-bond acceptors (Lipinski definition) is 4. The number of nitrogens with zero attached hydrogens (tertiary/aromatic N) is 4. The van der Waals surface area contributed by atoms with Gasteiger partial charge < -0.3 is 5.11 Å². The second-order valence-electron chi connectivity index (χ2n) is 4.80. The minimum Gasteiger partial charge on any atom is -0.481 e. The monoisotopic (exact) mass is 260 g/mol. The molecule has 1 aromatic carbocycles. The van der Waals surface area contributed by atoms with Gasteiger partial charge in [0.05, 0.1) is 12.5 Å². The standard InChI is InChI=1S/C13H16N4O2/c1-8-4-9(2)6-11(5-8)12-14-15-16-17(12)7-10(3)13(18)19/h4-6,10H,7H2,1-3H3,(H,18,19). The van der Waals surface area contributed by atoms with E-state index >= 15 is 0 Å². The number of benzene rings is 1. The van der Waals surface area contributed by atoms with Crippen LogP contribution < -0.4 is 0 Å². The average molecular weight is 260 g/mol. The molecule has 2 aromatic rings. The smallest absolute Gasteiger partial charge is 0.308 e. The molecule has 0 amide bonds. The summed E-state index contributed by atoms with van der Waals surface area (Å²) in [5.41, 5.74) is 3.15. The summed E-state index contributed by atoms with van der Waals surface area (Å²) in [6.07, 6.45) is 0. The first-order valence-corrected chi connectivity index (χ1v) is 6.05. The van der Waals surface area contributed by atoms with Crippen LogP contribution in [0.25, 0.3) is 11.4 Å². The molecule has 6 heteroatoms. The van der Waals surface area contributed by atoms with Crippen LogP contribution in [0.4, 0.5) is 0 Å². The van der Waals surface area contributed by atoms with Crippen molar-refractivity contribution in [1.82, 2.24) is 20.2 Å². The van der Waals surface area contributed by atoms with Crippen LogP contribution in [0.1, 0.15) is 18.1 Å². The number of tetrazole rings is 1. The summed E-state index contributed by atoms with van der Waals surface area (Å²) in [4.78, 5) is 10.9. The van der Waals surface area contributed by atoms with E-state index in [2.05, 4.69) is 21.6 Å². The molecular weight excluding hydrogens is 244 g/mol. The van der Waals surface area contributed by atoms with Crippen molar-refractivity contribution in [2.75, 3.05) is 0 Å². The van der Waals surface area contributed by atoms with Gasteiger partial charge in [0, 0.05) is 5.56 Å². The van der Waals surface area contributed by atoms with Crippen molar-refractivity contribution in [2.24, 2.45) is 5.92 Å². The second-order valence-corrected chi connectivity index (χ2v) is 4.80. The summed E-state index contributed by atoms with van der Waals surface area (Å²) in [6, 6.07) is 6.04. The van der Waals surface area contributed by atoms with Crippen LogP contribution in [0.2, 0.25) is 0 Å². The molecule has 0 saturated carbocycles. The van der Waals surface area contributed by atoms with Crippen LogP contribution in [0.3, 0.4) is 0 Å². The Labute approximate surface area is 111 Å². The van der Waals surface area contributed by atoms with Crippen molar-refractivity contribution in [1.29, 1.82) is 0 Å². The maximum Gasteiger partial charge on any atom is 0.308 e. The number of carbonyl (C=O) groups is 1. The number of aryl methyl sites for hydroxylation is 2. The highest BCUT2D eigenvalue weighted by Gasteiger charge is 2.16. The van der Waals surface area contributed by atoms with E-state index in [-0.39, 0.29) is 6.54 Å². The maximum absolute atomic E-state index is 10.9. The molecule has 0 spiro atoms. The molecule has 19 heavy (non-hydrogen) atoms. The van der Waals surface area contributed by atoms with Gasteiger partial charge in [-0.25, -0.2) is 4.68 Å². The maximum atomic E-state index is 10.9. The Morgan fingerprint density at radius 2 is 1.95 bits per heavy atom. The van der Waals surface area contributed by atoms with Crippen molar-refractivity contribution in [3.8, 4) is 11.4 Å². The van der Waals surface area contributed by atoms with Gasteiger partial charge in [-0.15, -0.1) is 5.10 Å². The van der Waals surface area contributed by atoms with Crippen LogP contribution in [0.15, 0.2) is 18.2 Å². The summed E-state index contributed by atoms with van der Waals surface area (Å²) in [5, 5.41) is 20.4. The van der Waals surface area contributed by atoms with Crippen LogP contribution >= 0.6 is 0 Å². The van der Waals surface area contributed by atoms with Gasteiger partial charge in [-0.3, -0.25) is 4.79 Å². The average Bonchev–Trinajstić information content (AvgIpc) is 2.75. The summed E-state index contributed by atoms with van der Waals surface area (Å²) in [5.74, 6) is -0.796. The zero-order valence-corrected chi connectivity index (χ0v) is 11.2. The van der Waals surface area contributed by atoms with E-state index in [1.807, 2.05) is 26.0 Å². The first-order valence-electron chi connectivity index (χ1n) is 6.05. The molecule has 1 N–H and O–H groups in total. The predicted octanol–water partition coefficient (Wildman–Crippen LogP) is 1.68. The molecule has 1 aromatic heterocycles. The highest BCUT2D eigenvalue weighted by molar-refractivity contribution is 5.69. The zero-order valence-electron chi connectivity index (χ0n) is 11.2. The fraction of sp³-hybridized carbons (Fsp3) is 0.385. The third-order valence-corrected chi connectivity index (χ3v) is 2.88. The molecule has 0 aliphatic carbocycles. The lowest BCUT2D eigenvalue weighted by atomic mass is 10.1. The molecule has 1 unspecified atom stereocenters. The number of aromatic nitrogens is 4. The molecule has 100 valence electrons. The van der Waals surface area contributed by atoms with Gasteiger partial charge in [0.1, 0.15) is 0 Å². The number of aliphatic carboxylic acids is 1. The van der Waals surface area contributed by atoms with E-state index < -0.39 is 11.9 Å². The molecule has 0 fully saturated rings. The molecule has 0 radical (unpaired) electrons. The summed E-state index contributed by atoms with van der Waals surface area (Å²) in [6.45, 7) is 5.90. The molecular formula is C13H16N4O2. The number of hydrogen-bond donors (Lipinski definition) is 1. The fourth-order valence-corrected chi connectivity index (χ4v) is 1.98. The Morgan fingerprint density at radius 3 is 2.53 bits per heavy atom. The third-order valence-electron chi connectivity index (χ3n) is 2.88. The quantitative estimate of drug-likeness (QED) is 0.904. The Morgan fingerprint density at radius 1 is 1.32 bits per heavy atom. The van der Waals surface area contributed by atoms with Crippen molar-refractivity contribution >= 4 is 5.97 Å². The van der Waals surface area contributed by atoms with Crippen molar-refractivity contribution in [3.63, 3.8) is 0 Å². The topological polar surface area (TPSA) is 80.9 Å². The van der Waals surface area contributed by atoms with Gasteiger partial charge in [-0.05, 0) is 36.4 Å². The van der Waals surface area contributed by atoms with E-state index in [1.165, 1.54) is 4.68 Å². The van der Waals surface area contributed by atoms with Crippen molar-refractivity contribution in [3.05, 3.63) is 29.3 Å². The molecule has 0 bridgehead atoms. The molecule has 0 aliphatic rings. The largest absolute Gasteiger partial charge is 0.481 e. The summed E-state index contributed by atoms with van der Waals surface area (Å²) >= 11 is 0. The minimum absolute atomic E-state index is 0.255. The van der Waals surface area contributed by atoms with E-state index in [9.17, 15) is 4.79 Å². The predicted molar refractivity (Wildman–Crippen MR) is 69.5 cm³/mol. The van der Waals surface area contributed by atoms with E-state index in [4.69, 9.17) is 5.11 Å². The lowest BCUT2D eigenvalue weighted by Crippen LogP contribution is -2.18.